The van der Waals surface area contributed by atoms with Gasteiger partial charge in [-0.25, -0.2) is 9.78 Å². The number of esters is 1. The van der Waals surface area contributed by atoms with Crippen molar-refractivity contribution in [2.75, 3.05) is 6.61 Å². The number of aromatic nitrogens is 4. The van der Waals surface area contributed by atoms with E-state index in [1.807, 2.05) is 12.3 Å². The lowest BCUT2D eigenvalue weighted by atomic mass is 10.2. The van der Waals surface area contributed by atoms with Crippen molar-refractivity contribution < 1.29 is 14.6 Å². The molecular formula is C13H12N4O4S. The molecule has 0 bridgehead atoms. The molecule has 3 aromatic heterocycles. The fourth-order valence-corrected chi connectivity index (χ4v) is 2.80. The molecule has 3 rings (SSSR count). The van der Waals surface area contributed by atoms with Crippen molar-refractivity contribution in [3.63, 3.8) is 0 Å². The van der Waals surface area contributed by atoms with Crippen molar-refractivity contribution in [3.8, 4) is 10.9 Å². The molecule has 8 nitrogen and oxygen atoms in total. The first-order chi connectivity index (χ1) is 10.5. The van der Waals surface area contributed by atoms with Crippen molar-refractivity contribution in [2.45, 2.75) is 13.8 Å². The third kappa shape index (κ3) is 2.25. The number of aromatic hydroxyl groups is 1. The zero-order valence-corrected chi connectivity index (χ0v) is 12.6. The van der Waals surface area contributed by atoms with Crippen LogP contribution >= 0.6 is 11.3 Å². The fourth-order valence-electron chi connectivity index (χ4n) is 2.04. The molecule has 0 fully saturated rings. The third-order valence-electron chi connectivity index (χ3n) is 2.91. The Hall–Kier alpha value is -2.68. The fraction of sp³-hybridized carbons (Fsp3) is 0.231. The van der Waals surface area contributed by atoms with Crippen molar-refractivity contribution in [2.24, 2.45) is 0 Å². The van der Waals surface area contributed by atoms with Crippen LogP contribution in [-0.4, -0.2) is 37.4 Å². The SMILES string of the molecule is CCOC(=O)c1nn(-c2nc(C)cs2)c2[nH]c(=O)cc(O)c12. The highest BCUT2D eigenvalue weighted by Gasteiger charge is 2.24. The number of aryl methyl sites for hydroxylation is 1. The third-order valence-corrected chi connectivity index (χ3v) is 3.84. The van der Waals surface area contributed by atoms with Gasteiger partial charge in [-0.15, -0.1) is 11.3 Å². The molecular weight excluding hydrogens is 308 g/mol. The zero-order chi connectivity index (χ0) is 15.9. The van der Waals surface area contributed by atoms with Gasteiger partial charge in [0.15, 0.2) is 11.3 Å². The van der Waals surface area contributed by atoms with Crippen molar-refractivity contribution in [3.05, 3.63) is 33.2 Å². The van der Waals surface area contributed by atoms with Crippen LogP contribution in [0.5, 0.6) is 5.75 Å². The molecule has 0 saturated heterocycles. The highest BCUT2D eigenvalue weighted by atomic mass is 32.1. The maximum atomic E-state index is 12.0. The minimum absolute atomic E-state index is 0.0709. The Morgan fingerprint density at radius 1 is 1.55 bits per heavy atom. The number of aromatic amines is 1. The normalized spacial score (nSPS) is 11.0. The lowest BCUT2D eigenvalue weighted by Crippen LogP contribution is -2.07. The Balaban J connectivity index is 2.33. The van der Waals surface area contributed by atoms with Crippen LogP contribution < -0.4 is 5.56 Å². The molecule has 3 heterocycles. The summed E-state index contributed by atoms with van der Waals surface area (Å²) in [6.45, 7) is 3.66. The summed E-state index contributed by atoms with van der Waals surface area (Å²) in [6.07, 6.45) is 0. The number of nitrogens with zero attached hydrogens (tertiary/aromatic N) is 3. The van der Waals surface area contributed by atoms with Gasteiger partial charge in [-0.3, -0.25) is 4.79 Å². The average Bonchev–Trinajstić information content (AvgIpc) is 3.02. The van der Waals surface area contributed by atoms with Crippen LogP contribution in [0.2, 0.25) is 0 Å². The molecule has 2 N–H and O–H groups in total. The number of fused-ring (bicyclic) bond motifs is 1. The summed E-state index contributed by atoms with van der Waals surface area (Å²) in [5, 5.41) is 16.6. The summed E-state index contributed by atoms with van der Waals surface area (Å²) in [5.41, 5.74) is 0.402. The van der Waals surface area contributed by atoms with Gasteiger partial charge in [0.2, 0.25) is 5.13 Å². The van der Waals surface area contributed by atoms with E-state index >= 15 is 0 Å². The number of hydrogen-bond acceptors (Lipinski definition) is 7. The van der Waals surface area contributed by atoms with Crippen LogP contribution in [0.4, 0.5) is 0 Å². The Morgan fingerprint density at radius 3 is 2.95 bits per heavy atom. The summed E-state index contributed by atoms with van der Waals surface area (Å²) < 4.78 is 6.26. The maximum Gasteiger partial charge on any atom is 0.359 e. The first-order valence-electron chi connectivity index (χ1n) is 6.46. The highest BCUT2D eigenvalue weighted by Crippen LogP contribution is 2.28. The van der Waals surface area contributed by atoms with E-state index in [0.717, 1.165) is 11.8 Å². The molecule has 9 heteroatoms. The monoisotopic (exact) mass is 320 g/mol. The van der Waals surface area contributed by atoms with Gasteiger partial charge in [0.25, 0.3) is 5.56 Å². The minimum Gasteiger partial charge on any atom is -0.507 e. The van der Waals surface area contributed by atoms with E-state index in [4.69, 9.17) is 4.74 Å². The van der Waals surface area contributed by atoms with Gasteiger partial charge in [-0.1, -0.05) is 0 Å². The molecule has 0 unspecified atom stereocenters. The zero-order valence-electron chi connectivity index (χ0n) is 11.8. The summed E-state index contributed by atoms with van der Waals surface area (Å²) in [6, 6.07) is 0.990. The lowest BCUT2D eigenvalue weighted by molar-refractivity contribution is 0.0521. The Kier molecular flexibility index (Phi) is 3.41. The summed E-state index contributed by atoms with van der Waals surface area (Å²) >= 11 is 1.30. The second-order valence-corrected chi connectivity index (χ2v) is 5.33. The second-order valence-electron chi connectivity index (χ2n) is 4.49. The van der Waals surface area contributed by atoms with E-state index in [9.17, 15) is 14.7 Å². The molecule has 0 spiro atoms. The van der Waals surface area contributed by atoms with Gasteiger partial charge >= 0.3 is 5.97 Å². The molecule has 0 aliphatic rings. The Labute approximate surface area is 128 Å². The molecule has 0 amide bonds. The van der Waals surface area contributed by atoms with Crippen molar-refractivity contribution >= 4 is 28.3 Å². The van der Waals surface area contributed by atoms with Crippen LogP contribution in [-0.2, 0) is 4.74 Å². The van der Waals surface area contributed by atoms with E-state index in [1.54, 1.807) is 6.92 Å². The largest absolute Gasteiger partial charge is 0.507 e. The Morgan fingerprint density at radius 2 is 2.32 bits per heavy atom. The van der Waals surface area contributed by atoms with Gasteiger partial charge in [0.05, 0.1) is 17.7 Å². The Bertz CT molecular complexity index is 924. The minimum atomic E-state index is -0.679. The molecule has 0 aliphatic carbocycles. The van der Waals surface area contributed by atoms with Crippen LogP contribution in [0, 0.1) is 6.92 Å². The molecule has 0 saturated carbocycles. The summed E-state index contributed by atoms with van der Waals surface area (Å²) in [5.74, 6) is -1.01. The predicted octanol–water partition coefficient (Wildman–Crippen LogP) is 1.36. The maximum absolute atomic E-state index is 12.0. The van der Waals surface area contributed by atoms with Gasteiger partial charge < -0.3 is 14.8 Å². The van der Waals surface area contributed by atoms with E-state index in [2.05, 4.69) is 15.1 Å². The average molecular weight is 320 g/mol. The molecule has 0 aromatic carbocycles. The van der Waals surface area contributed by atoms with Gasteiger partial charge in [-0.05, 0) is 13.8 Å². The molecule has 0 radical (unpaired) electrons. The van der Waals surface area contributed by atoms with E-state index < -0.39 is 11.5 Å². The number of nitrogens with one attached hydrogen (secondary N) is 1. The van der Waals surface area contributed by atoms with E-state index in [1.165, 1.54) is 16.0 Å². The van der Waals surface area contributed by atoms with Gasteiger partial charge in [0, 0.05) is 11.4 Å². The second kappa shape index (κ2) is 5.26. The van der Waals surface area contributed by atoms with Gasteiger partial charge in [-0.2, -0.15) is 9.78 Å². The first kappa shape index (κ1) is 14.3. The van der Waals surface area contributed by atoms with Crippen LogP contribution in [0.15, 0.2) is 16.2 Å². The molecule has 22 heavy (non-hydrogen) atoms. The number of carbonyl (C=O) groups excluding carboxylic acids is 1. The van der Waals surface area contributed by atoms with Crippen molar-refractivity contribution in [1.29, 1.82) is 0 Å². The smallest absolute Gasteiger partial charge is 0.359 e. The number of carbonyl (C=O) groups is 1. The van der Waals surface area contributed by atoms with Gasteiger partial charge in [0.1, 0.15) is 5.75 Å². The quantitative estimate of drug-likeness (QED) is 0.705. The molecule has 0 atom stereocenters. The lowest BCUT2D eigenvalue weighted by Gasteiger charge is -1.99. The topological polar surface area (TPSA) is 110 Å². The van der Waals surface area contributed by atoms with Crippen LogP contribution in [0.25, 0.3) is 16.2 Å². The number of thiazole rings is 1. The summed E-state index contributed by atoms with van der Waals surface area (Å²) in [7, 11) is 0. The first-order valence-corrected chi connectivity index (χ1v) is 7.34. The summed E-state index contributed by atoms with van der Waals surface area (Å²) in [4.78, 5) is 30.5. The molecule has 0 aliphatic heterocycles. The molecule has 3 aromatic rings. The number of ether oxygens (including phenoxy) is 1. The van der Waals surface area contributed by atoms with Crippen LogP contribution in [0.1, 0.15) is 23.1 Å². The standard InChI is InChI=1S/C13H12N4O4S/c1-3-21-12(20)10-9-7(18)4-8(19)15-11(9)17(16-10)13-14-6(2)5-22-13/h4-5H,3H2,1-2H3,(H2,15,18,19). The predicted molar refractivity (Wildman–Crippen MR) is 79.7 cm³/mol. The van der Waals surface area contributed by atoms with Crippen LogP contribution in [0.3, 0.4) is 0 Å². The van der Waals surface area contributed by atoms with E-state index in [0.29, 0.717) is 5.13 Å². The molecule has 114 valence electrons. The number of pyridine rings is 1. The number of hydrogen-bond donors (Lipinski definition) is 2. The number of H-pyrrole nitrogens is 1. The van der Waals surface area contributed by atoms with Crippen molar-refractivity contribution in [1.82, 2.24) is 19.7 Å². The highest BCUT2D eigenvalue weighted by molar-refractivity contribution is 7.12. The van der Waals surface area contributed by atoms with E-state index in [-0.39, 0.29) is 29.1 Å². The number of rotatable bonds is 3.